The Labute approximate surface area is 115 Å². The highest BCUT2D eigenvalue weighted by molar-refractivity contribution is 6.32. The van der Waals surface area contributed by atoms with E-state index in [2.05, 4.69) is 4.98 Å². The van der Waals surface area contributed by atoms with Crippen LogP contribution in [0.3, 0.4) is 0 Å². The van der Waals surface area contributed by atoms with E-state index in [1.807, 2.05) is 0 Å². The van der Waals surface area contributed by atoms with Gasteiger partial charge in [-0.2, -0.15) is 0 Å². The van der Waals surface area contributed by atoms with Crippen molar-refractivity contribution < 1.29 is 14.6 Å². The lowest BCUT2D eigenvalue weighted by Gasteiger charge is -2.09. The Kier molecular flexibility index (Phi) is 4.14. The van der Waals surface area contributed by atoms with E-state index >= 15 is 0 Å². The Hall–Kier alpha value is -1.91. The average Bonchev–Trinajstić information content (AvgIpc) is 2.41. The van der Waals surface area contributed by atoms with Gasteiger partial charge >= 0.3 is 5.97 Å². The van der Waals surface area contributed by atoms with Crippen molar-refractivity contribution in [2.24, 2.45) is 0 Å². The molecule has 0 aliphatic rings. The molecule has 0 saturated heterocycles. The largest absolute Gasteiger partial charge is 0.420 e. The van der Waals surface area contributed by atoms with Gasteiger partial charge < -0.3 is 9.84 Å². The van der Waals surface area contributed by atoms with Gasteiger partial charge in [-0.25, -0.2) is 9.78 Å². The third-order valence-electron chi connectivity index (χ3n) is 2.52. The number of nitrogens with zero attached hydrogens (tertiary/aromatic N) is 1. The van der Waals surface area contributed by atoms with Gasteiger partial charge in [0.15, 0.2) is 0 Å². The number of rotatable bonds is 3. The maximum atomic E-state index is 11.8. The minimum atomic E-state index is -0.627. The molecule has 0 aliphatic carbocycles. The van der Waals surface area contributed by atoms with E-state index in [9.17, 15) is 9.90 Å². The number of halogens is 1. The van der Waals surface area contributed by atoms with Crippen molar-refractivity contribution in [1.82, 2.24) is 4.98 Å². The second-order valence-electron chi connectivity index (χ2n) is 3.97. The summed E-state index contributed by atoms with van der Waals surface area (Å²) >= 11 is 6.00. The Morgan fingerprint density at radius 1 is 1.37 bits per heavy atom. The molecule has 0 amide bonds. The molecule has 19 heavy (non-hydrogen) atoms. The summed E-state index contributed by atoms with van der Waals surface area (Å²) in [6.07, 6.45) is 0.882. The van der Waals surface area contributed by atoms with Crippen LogP contribution in [-0.2, 0) is 0 Å². The number of pyridine rings is 1. The number of carbonyl (C=O) groups is 1. The van der Waals surface area contributed by atoms with Crippen LogP contribution >= 0.6 is 11.6 Å². The topological polar surface area (TPSA) is 59.4 Å². The lowest BCUT2D eigenvalue weighted by Crippen LogP contribution is -2.10. The van der Waals surface area contributed by atoms with Gasteiger partial charge in [-0.3, -0.25) is 0 Å². The molecule has 1 atom stereocenters. The van der Waals surface area contributed by atoms with Gasteiger partial charge in [0.25, 0.3) is 0 Å². The number of aliphatic hydroxyl groups excluding tert-OH is 1. The normalized spacial score (nSPS) is 11.9. The fraction of sp³-hybridized carbons (Fsp3) is 0.143. The molecule has 98 valence electrons. The summed E-state index contributed by atoms with van der Waals surface area (Å²) in [6, 6.07) is 9.72. The molecule has 5 heteroatoms. The van der Waals surface area contributed by atoms with E-state index < -0.39 is 12.1 Å². The first kappa shape index (κ1) is 13.5. The highest BCUT2D eigenvalue weighted by Crippen LogP contribution is 2.28. The molecule has 1 unspecified atom stereocenters. The zero-order valence-corrected chi connectivity index (χ0v) is 11.0. The summed E-state index contributed by atoms with van der Waals surface area (Å²) in [5.41, 5.74) is 0.862. The summed E-state index contributed by atoms with van der Waals surface area (Å²) in [4.78, 5) is 15.7. The zero-order chi connectivity index (χ0) is 13.8. The number of benzene rings is 1. The van der Waals surface area contributed by atoms with E-state index in [1.54, 1.807) is 43.3 Å². The van der Waals surface area contributed by atoms with Crippen molar-refractivity contribution in [2.75, 3.05) is 0 Å². The number of aliphatic hydroxyl groups is 1. The molecule has 0 spiro atoms. The quantitative estimate of drug-likeness (QED) is 0.692. The fourth-order valence-corrected chi connectivity index (χ4v) is 1.72. The van der Waals surface area contributed by atoms with Crippen LogP contribution in [0, 0.1) is 0 Å². The molecule has 4 nitrogen and oxygen atoms in total. The Balaban J connectivity index is 2.18. The van der Waals surface area contributed by atoms with Crippen molar-refractivity contribution in [3.05, 3.63) is 58.9 Å². The molecule has 2 rings (SSSR count). The number of hydrogen-bond acceptors (Lipinski definition) is 4. The molecule has 0 aliphatic heterocycles. The van der Waals surface area contributed by atoms with Crippen molar-refractivity contribution in [3.63, 3.8) is 0 Å². The molecule has 1 N–H and O–H groups in total. The summed E-state index contributed by atoms with van der Waals surface area (Å²) in [5.74, 6) is -0.339. The second kappa shape index (κ2) is 5.82. The van der Waals surface area contributed by atoms with Gasteiger partial charge in [0.2, 0.25) is 0 Å². The second-order valence-corrected chi connectivity index (χ2v) is 4.38. The molecule has 0 bridgehead atoms. The van der Waals surface area contributed by atoms with Crippen LogP contribution < -0.4 is 4.74 Å². The van der Waals surface area contributed by atoms with E-state index in [0.29, 0.717) is 5.56 Å². The first-order valence-corrected chi connectivity index (χ1v) is 6.06. The highest BCUT2D eigenvalue weighted by atomic mass is 35.5. The van der Waals surface area contributed by atoms with E-state index in [1.165, 1.54) is 6.20 Å². The van der Waals surface area contributed by atoms with E-state index in [-0.39, 0.29) is 16.5 Å². The molecule has 0 fully saturated rings. The van der Waals surface area contributed by atoms with Crippen LogP contribution in [0.2, 0.25) is 5.02 Å². The predicted octanol–water partition coefficient (Wildman–Crippen LogP) is 3.01. The number of hydrogen-bond donors (Lipinski definition) is 1. The Morgan fingerprint density at radius 2 is 2.16 bits per heavy atom. The number of carbonyl (C=O) groups excluding carboxylic acids is 1. The van der Waals surface area contributed by atoms with Gasteiger partial charge in [0, 0.05) is 6.20 Å². The standard InChI is InChI=1S/C14H12ClNO3/c1-9(17)10-5-6-13(11(15)8-10)19-14(18)12-4-2-3-7-16-12/h2-9,17H,1H3. The van der Waals surface area contributed by atoms with Gasteiger partial charge in [-0.05, 0) is 36.8 Å². The fourth-order valence-electron chi connectivity index (χ4n) is 1.50. The maximum Gasteiger partial charge on any atom is 0.362 e. The molecule has 1 aromatic heterocycles. The van der Waals surface area contributed by atoms with Crippen molar-refractivity contribution in [2.45, 2.75) is 13.0 Å². The molecule has 0 radical (unpaired) electrons. The summed E-state index contributed by atoms with van der Waals surface area (Å²) in [6.45, 7) is 1.63. The minimum absolute atomic E-state index is 0.207. The summed E-state index contributed by atoms with van der Waals surface area (Å²) in [7, 11) is 0. The third kappa shape index (κ3) is 3.30. The van der Waals surface area contributed by atoms with E-state index in [4.69, 9.17) is 16.3 Å². The molecular weight excluding hydrogens is 266 g/mol. The van der Waals surface area contributed by atoms with Crippen LogP contribution in [0.1, 0.15) is 29.1 Å². The smallest absolute Gasteiger partial charge is 0.362 e. The summed E-state index contributed by atoms with van der Waals surface area (Å²) < 4.78 is 5.15. The molecule has 0 saturated carbocycles. The third-order valence-corrected chi connectivity index (χ3v) is 2.81. The predicted molar refractivity (Wildman–Crippen MR) is 71.3 cm³/mol. The first-order chi connectivity index (χ1) is 9.08. The average molecular weight is 278 g/mol. The van der Waals surface area contributed by atoms with Gasteiger partial charge in [-0.1, -0.05) is 23.7 Å². The number of esters is 1. The lowest BCUT2D eigenvalue weighted by molar-refractivity contribution is 0.0728. The SMILES string of the molecule is CC(O)c1ccc(OC(=O)c2ccccn2)c(Cl)c1. The highest BCUT2D eigenvalue weighted by Gasteiger charge is 2.13. The van der Waals surface area contributed by atoms with Crippen LogP contribution in [0.5, 0.6) is 5.75 Å². The van der Waals surface area contributed by atoms with Crippen LogP contribution in [0.15, 0.2) is 42.6 Å². The molecule has 1 heterocycles. The molecule has 1 aromatic carbocycles. The van der Waals surface area contributed by atoms with Crippen molar-refractivity contribution in [3.8, 4) is 5.75 Å². The van der Waals surface area contributed by atoms with E-state index in [0.717, 1.165) is 0 Å². The maximum absolute atomic E-state index is 11.8. The number of ether oxygens (including phenoxy) is 1. The molecule has 2 aromatic rings. The monoisotopic (exact) mass is 277 g/mol. The zero-order valence-electron chi connectivity index (χ0n) is 10.2. The Morgan fingerprint density at radius 3 is 2.74 bits per heavy atom. The summed E-state index contributed by atoms with van der Waals surface area (Å²) in [5, 5.41) is 9.69. The first-order valence-electron chi connectivity index (χ1n) is 5.68. The van der Waals surface area contributed by atoms with Gasteiger partial charge in [0.1, 0.15) is 11.4 Å². The van der Waals surface area contributed by atoms with Gasteiger partial charge in [-0.15, -0.1) is 0 Å². The lowest BCUT2D eigenvalue weighted by atomic mass is 10.1. The Bertz CT molecular complexity index is 584. The number of aromatic nitrogens is 1. The van der Waals surface area contributed by atoms with Crippen LogP contribution in [-0.4, -0.2) is 16.1 Å². The van der Waals surface area contributed by atoms with Gasteiger partial charge in [0.05, 0.1) is 11.1 Å². The van der Waals surface area contributed by atoms with Crippen LogP contribution in [0.25, 0.3) is 0 Å². The van der Waals surface area contributed by atoms with Crippen molar-refractivity contribution in [1.29, 1.82) is 0 Å². The van der Waals surface area contributed by atoms with Crippen molar-refractivity contribution >= 4 is 17.6 Å². The molecular formula is C14H12ClNO3. The minimum Gasteiger partial charge on any atom is -0.420 e. The van der Waals surface area contributed by atoms with Crippen LogP contribution in [0.4, 0.5) is 0 Å².